The Balaban J connectivity index is 0.00000361. The molecular formula is C12H17ClF2N2O3. The molecule has 1 unspecified atom stereocenters. The van der Waals surface area contributed by atoms with Crippen LogP contribution in [0.25, 0.3) is 0 Å². The molecule has 8 heteroatoms. The van der Waals surface area contributed by atoms with Crippen LogP contribution < -0.4 is 15.8 Å². The molecule has 114 valence electrons. The van der Waals surface area contributed by atoms with Crippen molar-refractivity contribution in [1.29, 1.82) is 0 Å². The first-order chi connectivity index (χ1) is 9.08. The molecule has 0 fully saturated rings. The van der Waals surface area contributed by atoms with Crippen LogP contribution in [-0.4, -0.2) is 32.3 Å². The standard InChI is InChI=1S/C12H16F2N2O3.ClH/c1-18-10(6-15)11(17)16-7-8-4-2-3-5-9(8)19-12(13)14;/h2-5,10,12H,6-7,15H2,1H3,(H,16,17);1H. The molecule has 0 aliphatic rings. The van der Waals surface area contributed by atoms with Gasteiger partial charge in [-0.3, -0.25) is 4.79 Å². The smallest absolute Gasteiger partial charge is 0.387 e. The number of alkyl halides is 2. The monoisotopic (exact) mass is 310 g/mol. The van der Waals surface area contributed by atoms with E-state index in [4.69, 9.17) is 10.5 Å². The maximum atomic E-state index is 12.2. The number of benzene rings is 1. The molecule has 20 heavy (non-hydrogen) atoms. The second kappa shape index (κ2) is 9.46. The number of methoxy groups -OCH3 is 1. The Bertz CT molecular complexity index is 417. The summed E-state index contributed by atoms with van der Waals surface area (Å²) in [6, 6.07) is 6.23. The molecule has 0 aliphatic carbocycles. The number of halogens is 3. The first kappa shape index (κ1) is 18.6. The minimum atomic E-state index is -2.91. The van der Waals surface area contributed by atoms with Gasteiger partial charge in [0.15, 0.2) is 0 Å². The number of nitrogens with two attached hydrogens (primary N) is 1. The minimum absolute atomic E-state index is 0. The second-order valence-electron chi connectivity index (χ2n) is 3.66. The molecule has 5 nitrogen and oxygen atoms in total. The van der Waals surface area contributed by atoms with Crippen molar-refractivity contribution in [3.8, 4) is 5.75 Å². The molecule has 0 aliphatic heterocycles. The van der Waals surface area contributed by atoms with Crippen molar-refractivity contribution in [3.05, 3.63) is 29.8 Å². The molecule has 0 radical (unpaired) electrons. The van der Waals surface area contributed by atoms with Gasteiger partial charge < -0.3 is 20.5 Å². The number of carbonyl (C=O) groups excluding carboxylic acids is 1. The van der Waals surface area contributed by atoms with E-state index in [1.165, 1.54) is 13.2 Å². The molecule has 1 amide bonds. The molecule has 3 N–H and O–H groups in total. The van der Waals surface area contributed by atoms with Crippen LogP contribution in [0.3, 0.4) is 0 Å². The van der Waals surface area contributed by atoms with Crippen molar-refractivity contribution in [2.45, 2.75) is 19.3 Å². The number of amides is 1. The van der Waals surface area contributed by atoms with Crippen molar-refractivity contribution in [3.63, 3.8) is 0 Å². The van der Waals surface area contributed by atoms with Crippen LogP contribution in [0.2, 0.25) is 0 Å². The third kappa shape index (κ3) is 5.68. The third-order valence-corrected chi connectivity index (χ3v) is 2.43. The molecule has 1 atom stereocenters. The van der Waals surface area contributed by atoms with Crippen molar-refractivity contribution in [2.24, 2.45) is 5.73 Å². The van der Waals surface area contributed by atoms with Gasteiger partial charge in [-0.25, -0.2) is 0 Å². The average molecular weight is 311 g/mol. The van der Waals surface area contributed by atoms with Crippen LogP contribution >= 0.6 is 12.4 Å². The van der Waals surface area contributed by atoms with Gasteiger partial charge in [0.2, 0.25) is 0 Å². The zero-order valence-electron chi connectivity index (χ0n) is 10.8. The molecular weight excluding hydrogens is 294 g/mol. The van der Waals surface area contributed by atoms with Crippen LogP contribution in [0.15, 0.2) is 24.3 Å². The number of para-hydroxylation sites is 1. The maximum absolute atomic E-state index is 12.2. The summed E-state index contributed by atoms with van der Waals surface area (Å²) in [6.07, 6.45) is -0.761. The summed E-state index contributed by atoms with van der Waals surface area (Å²) in [5.74, 6) is -0.378. The van der Waals surface area contributed by atoms with E-state index in [9.17, 15) is 13.6 Å². The van der Waals surface area contributed by atoms with Gasteiger partial charge in [-0.15, -0.1) is 12.4 Å². The van der Waals surface area contributed by atoms with E-state index in [1.807, 2.05) is 0 Å². The molecule has 0 heterocycles. The predicted molar refractivity (Wildman–Crippen MR) is 72.0 cm³/mol. The van der Waals surface area contributed by atoms with E-state index >= 15 is 0 Å². The van der Waals surface area contributed by atoms with Gasteiger partial charge in [0.25, 0.3) is 5.91 Å². The first-order valence-electron chi connectivity index (χ1n) is 5.61. The van der Waals surface area contributed by atoms with Gasteiger partial charge in [-0.1, -0.05) is 18.2 Å². The Morgan fingerprint density at radius 3 is 2.60 bits per heavy atom. The van der Waals surface area contributed by atoms with E-state index in [-0.39, 0.29) is 31.2 Å². The Kier molecular flexibility index (Phi) is 8.78. The summed E-state index contributed by atoms with van der Waals surface area (Å²) >= 11 is 0. The number of nitrogens with one attached hydrogen (secondary N) is 1. The number of ether oxygens (including phenoxy) is 2. The van der Waals surface area contributed by atoms with E-state index < -0.39 is 18.6 Å². The third-order valence-electron chi connectivity index (χ3n) is 2.43. The molecule has 0 saturated heterocycles. The number of hydrogen-bond donors (Lipinski definition) is 2. The SMILES string of the molecule is COC(CN)C(=O)NCc1ccccc1OC(F)F.Cl. The fourth-order valence-electron chi connectivity index (χ4n) is 1.47. The molecule has 0 aromatic heterocycles. The van der Waals surface area contributed by atoms with Gasteiger partial charge in [0.1, 0.15) is 11.9 Å². The molecule has 1 aromatic carbocycles. The lowest BCUT2D eigenvalue weighted by atomic mass is 10.2. The molecule has 1 aromatic rings. The Morgan fingerprint density at radius 1 is 1.40 bits per heavy atom. The van der Waals surface area contributed by atoms with Gasteiger partial charge >= 0.3 is 6.61 Å². The zero-order chi connectivity index (χ0) is 14.3. The summed E-state index contributed by atoms with van der Waals surface area (Å²) in [4.78, 5) is 11.6. The van der Waals surface area contributed by atoms with E-state index in [0.717, 1.165) is 0 Å². The van der Waals surface area contributed by atoms with Crippen molar-refractivity contribution in [2.75, 3.05) is 13.7 Å². The summed E-state index contributed by atoms with van der Waals surface area (Å²) in [5, 5.41) is 2.55. The normalized spacial score (nSPS) is 11.7. The average Bonchev–Trinajstić information content (AvgIpc) is 2.38. The van der Waals surface area contributed by atoms with E-state index in [1.54, 1.807) is 18.2 Å². The molecule has 1 rings (SSSR count). The zero-order valence-corrected chi connectivity index (χ0v) is 11.7. The molecule has 0 spiro atoms. The lowest BCUT2D eigenvalue weighted by Gasteiger charge is -2.14. The van der Waals surface area contributed by atoms with Gasteiger partial charge in [-0.2, -0.15) is 8.78 Å². The molecule has 0 bridgehead atoms. The Labute approximate surface area is 121 Å². The fourth-order valence-corrected chi connectivity index (χ4v) is 1.47. The summed E-state index contributed by atoms with van der Waals surface area (Å²) in [5.41, 5.74) is 5.79. The van der Waals surface area contributed by atoms with Crippen LogP contribution in [0.1, 0.15) is 5.56 Å². The van der Waals surface area contributed by atoms with Gasteiger partial charge in [0.05, 0.1) is 0 Å². The van der Waals surface area contributed by atoms with Crippen LogP contribution in [0.5, 0.6) is 5.75 Å². The van der Waals surface area contributed by atoms with Crippen molar-refractivity contribution >= 4 is 18.3 Å². The van der Waals surface area contributed by atoms with Crippen LogP contribution in [0.4, 0.5) is 8.78 Å². The summed E-state index contributed by atoms with van der Waals surface area (Å²) in [6.45, 7) is -2.81. The van der Waals surface area contributed by atoms with Gasteiger partial charge in [-0.05, 0) is 6.07 Å². The number of carbonyl (C=O) groups is 1. The van der Waals surface area contributed by atoms with Crippen molar-refractivity contribution in [1.82, 2.24) is 5.32 Å². The first-order valence-corrected chi connectivity index (χ1v) is 5.61. The lowest BCUT2D eigenvalue weighted by molar-refractivity contribution is -0.130. The highest BCUT2D eigenvalue weighted by atomic mass is 35.5. The Hall–Kier alpha value is -1.44. The van der Waals surface area contributed by atoms with E-state index in [0.29, 0.717) is 5.56 Å². The summed E-state index contributed by atoms with van der Waals surface area (Å²) in [7, 11) is 1.37. The van der Waals surface area contributed by atoms with Crippen LogP contribution in [-0.2, 0) is 16.1 Å². The number of rotatable bonds is 7. The largest absolute Gasteiger partial charge is 0.434 e. The molecule has 0 saturated carbocycles. The highest BCUT2D eigenvalue weighted by Crippen LogP contribution is 2.19. The minimum Gasteiger partial charge on any atom is -0.434 e. The van der Waals surface area contributed by atoms with Crippen LogP contribution in [0, 0.1) is 0 Å². The van der Waals surface area contributed by atoms with Gasteiger partial charge in [0, 0.05) is 25.8 Å². The maximum Gasteiger partial charge on any atom is 0.387 e. The highest BCUT2D eigenvalue weighted by Gasteiger charge is 2.16. The Morgan fingerprint density at radius 2 is 2.05 bits per heavy atom. The summed E-state index contributed by atoms with van der Waals surface area (Å²) < 4.78 is 33.6. The topological polar surface area (TPSA) is 73.6 Å². The number of hydrogen-bond acceptors (Lipinski definition) is 4. The second-order valence-corrected chi connectivity index (χ2v) is 3.66. The lowest BCUT2D eigenvalue weighted by Crippen LogP contribution is -2.40. The predicted octanol–water partition coefficient (Wildman–Crippen LogP) is 1.30. The quantitative estimate of drug-likeness (QED) is 0.796. The highest BCUT2D eigenvalue weighted by molar-refractivity contribution is 5.85. The van der Waals surface area contributed by atoms with Crippen molar-refractivity contribution < 1.29 is 23.0 Å². The fraction of sp³-hybridized carbons (Fsp3) is 0.417. The van der Waals surface area contributed by atoms with E-state index in [2.05, 4.69) is 10.1 Å².